The van der Waals surface area contributed by atoms with Gasteiger partial charge in [0.1, 0.15) is 17.3 Å². The third-order valence-electron chi connectivity index (χ3n) is 6.92. The summed E-state index contributed by atoms with van der Waals surface area (Å²) in [7, 11) is 0. The number of carbonyl (C=O) groups excluding carboxylic acids is 1. The van der Waals surface area contributed by atoms with Crippen LogP contribution in [0.5, 0.6) is 0 Å². The van der Waals surface area contributed by atoms with Crippen LogP contribution in [-0.4, -0.2) is 31.9 Å². The van der Waals surface area contributed by atoms with Crippen molar-refractivity contribution in [2.24, 2.45) is 0 Å². The number of hydrogen-bond donors (Lipinski definition) is 2. The van der Waals surface area contributed by atoms with E-state index in [9.17, 15) is 14.7 Å². The Morgan fingerprint density at radius 1 is 1.05 bits per heavy atom. The lowest BCUT2D eigenvalue weighted by Gasteiger charge is -2.14. The number of benzene rings is 3. The molecule has 1 aliphatic carbocycles. The van der Waals surface area contributed by atoms with E-state index in [0.717, 1.165) is 27.0 Å². The van der Waals surface area contributed by atoms with E-state index in [4.69, 9.17) is 9.26 Å². The predicted molar refractivity (Wildman–Crippen MR) is 142 cm³/mol. The first-order valence-corrected chi connectivity index (χ1v) is 12.8. The Morgan fingerprint density at radius 3 is 2.50 bits per heavy atom. The van der Waals surface area contributed by atoms with E-state index in [2.05, 4.69) is 20.1 Å². The molecule has 0 bridgehead atoms. The molecule has 1 amide bonds. The normalized spacial score (nSPS) is 14.7. The molecule has 1 fully saturated rings. The van der Waals surface area contributed by atoms with Crippen molar-refractivity contribution in [2.75, 3.05) is 5.32 Å². The fraction of sp³-hybridized carbons (Fsp3) is 0.179. The fourth-order valence-electron chi connectivity index (χ4n) is 4.61. The van der Waals surface area contributed by atoms with Gasteiger partial charge in [-0.3, -0.25) is 10.1 Å². The van der Waals surface area contributed by atoms with Crippen molar-refractivity contribution in [3.05, 3.63) is 84.1 Å². The van der Waals surface area contributed by atoms with Crippen molar-refractivity contribution in [3.8, 4) is 22.5 Å². The van der Waals surface area contributed by atoms with Crippen LogP contribution in [-0.2, 0) is 14.9 Å². The number of ether oxygens (including phenoxy) is 1. The van der Waals surface area contributed by atoms with Crippen LogP contribution in [0.3, 0.4) is 0 Å². The summed E-state index contributed by atoms with van der Waals surface area (Å²) in [4.78, 5) is 24.3. The van der Waals surface area contributed by atoms with Crippen LogP contribution >= 0.6 is 11.5 Å². The van der Waals surface area contributed by atoms with Crippen molar-refractivity contribution in [1.82, 2.24) is 14.7 Å². The molecule has 5 aromatic rings. The number of nitrogens with zero attached hydrogens (tertiary/aromatic N) is 3. The van der Waals surface area contributed by atoms with Gasteiger partial charge >= 0.3 is 12.1 Å². The van der Waals surface area contributed by atoms with E-state index in [-0.39, 0.29) is 0 Å². The van der Waals surface area contributed by atoms with E-state index in [1.165, 1.54) is 17.7 Å². The highest BCUT2D eigenvalue weighted by Crippen LogP contribution is 2.49. The summed E-state index contributed by atoms with van der Waals surface area (Å²) in [5.74, 6) is -0.440. The van der Waals surface area contributed by atoms with E-state index in [1.807, 2.05) is 66.7 Å². The maximum absolute atomic E-state index is 12.6. The predicted octanol–water partition coefficient (Wildman–Crippen LogP) is 6.44. The van der Waals surface area contributed by atoms with Crippen LogP contribution in [0.25, 0.3) is 32.7 Å². The number of hydrogen-bond acceptors (Lipinski definition) is 8. The number of carboxylic acid groups (broad SMARTS) is 1. The van der Waals surface area contributed by atoms with Crippen molar-refractivity contribution in [3.63, 3.8) is 0 Å². The molecule has 1 saturated carbocycles. The maximum atomic E-state index is 12.6. The highest BCUT2D eigenvalue weighted by atomic mass is 32.1. The van der Waals surface area contributed by atoms with Crippen LogP contribution in [0.4, 0.5) is 10.5 Å². The number of fused-ring (bicyclic) bond motifs is 1. The van der Waals surface area contributed by atoms with Gasteiger partial charge < -0.3 is 14.4 Å². The number of aromatic nitrogens is 3. The lowest BCUT2D eigenvalue weighted by atomic mass is 9.93. The number of carboxylic acids is 1. The second-order valence-electron chi connectivity index (χ2n) is 9.23. The van der Waals surface area contributed by atoms with E-state index in [1.54, 1.807) is 6.92 Å². The summed E-state index contributed by atoms with van der Waals surface area (Å²) >= 11 is 1.24. The number of aliphatic carboxylic acids is 1. The van der Waals surface area contributed by atoms with Gasteiger partial charge in [-0.1, -0.05) is 70.3 Å². The molecule has 38 heavy (non-hydrogen) atoms. The zero-order chi connectivity index (χ0) is 26.3. The Labute approximate surface area is 221 Å². The van der Waals surface area contributed by atoms with Crippen molar-refractivity contribution in [2.45, 2.75) is 31.3 Å². The average Bonchev–Trinajstić information content (AvgIpc) is 3.38. The highest BCUT2D eigenvalue weighted by Gasteiger charge is 2.51. The molecule has 0 spiro atoms. The quantitative estimate of drug-likeness (QED) is 0.248. The Kier molecular flexibility index (Phi) is 5.88. The summed E-state index contributed by atoms with van der Waals surface area (Å²) in [5, 5.41) is 20.5. The van der Waals surface area contributed by atoms with Crippen LogP contribution in [0.15, 0.2) is 77.4 Å². The fourth-order valence-corrected chi connectivity index (χ4v) is 5.34. The SMILES string of the molecule is CC(OC(=O)Nc1cnoc1-c1ccc(-c2ccc(C3(C(=O)O)CC3)cc2)c2snnc12)c1ccccc1. The van der Waals surface area contributed by atoms with Gasteiger partial charge in [-0.25, -0.2) is 4.79 Å². The summed E-state index contributed by atoms with van der Waals surface area (Å²) < 4.78 is 16.0. The molecule has 3 aromatic carbocycles. The maximum Gasteiger partial charge on any atom is 0.412 e. The Balaban J connectivity index is 1.26. The average molecular weight is 527 g/mol. The number of amides is 1. The molecule has 0 aliphatic heterocycles. The van der Waals surface area contributed by atoms with E-state index in [0.29, 0.717) is 35.4 Å². The zero-order valence-electron chi connectivity index (χ0n) is 20.2. The molecule has 1 aliphatic rings. The number of anilines is 1. The monoisotopic (exact) mass is 526 g/mol. The van der Waals surface area contributed by atoms with Crippen LogP contribution in [0.1, 0.15) is 37.0 Å². The smallest absolute Gasteiger partial charge is 0.412 e. The molecule has 0 saturated heterocycles. The third-order valence-corrected chi connectivity index (χ3v) is 7.68. The van der Waals surface area contributed by atoms with Crippen LogP contribution in [0, 0.1) is 0 Å². The largest absolute Gasteiger partial charge is 0.481 e. The molecule has 190 valence electrons. The van der Waals surface area contributed by atoms with Gasteiger partial charge in [-0.05, 0) is 54.1 Å². The van der Waals surface area contributed by atoms with Gasteiger partial charge in [0, 0.05) is 5.56 Å². The van der Waals surface area contributed by atoms with Gasteiger partial charge in [-0.15, -0.1) is 5.10 Å². The minimum Gasteiger partial charge on any atom is -0.481 e. The molecule has 10 heteroatoms. The van der Waals surface area contributed by atoms with Crippen molar-refractivity contribution < 1.29 is 24.0 Å². The summed E-state index contributed by atoms with van der Waals surface area (Å²) in [6.45, 7) is 1.80. The Bertz CT molecular complexity index is 1640. The number of carbonyl (C=O) groups is 2. The minimum atomic E-state index is -0.779. The molecule has 9 nitrogen and oxygen atoms in total. The lowest BCUT2D eigenvalue weighted by Crippen LogP contribution is -2.19. The second kappa shape index (κ2) is 9.38. The van der Waals surface area contributed by atoms with Gasteiger partial charge in [0.2, 0.25) is 0 Å². The lowest BCUT2D eigenvalue weighted by molar-refractivity contribution is -0.140. The number of rotatable bonds is 7. The first-order chi connectivity index (χ1) is 18.5. The summed E-state index contributed by atoms with van der Waals surface area (Å²) in [6, 6.07) is 20.8. The van der Waals surface area contributed by atoms with Gasteiger partial charge in [0.25, 0.3) is 0 Å². The molecule has 2 N–H and O–H groups in total. The van der Waals surface area contributed by atoms with Gasteiger partial charge in [-0.2, -0.15) is 0 Å². The molecule has 6 rings (SSSR count). The van der Waals surface area contributed by atoms with E-state index < -0.39 is 23.6 Å². The molecule has 0 radical (unpaired) electrons. The standard InChI is InChI=1S/C28H22N4O5S/c1-16(17-5-3-2-4-6-17)36-27(35)30-22-15-29-37-24(22)21-12-11-20(25-23(21)31-32-38-25)18-7-9-19(10-8-18)28(13-14-28)26(33)34/h2-12,15-16H,13-14H2,1H3,(H,30,35)(H,33,34). The first-order valence-electron chi connectivity index (χ1n) is 12.0. The topological polar surface area (TPSA) is 127 Å². The molecular formula is C28H22N4O5S. The zero-order valence-corrected chi connectivity index (χ0v) is 21.1. The number of nitrogens with one attached hydrogen (secondary N) is 1. The van der Waals surface area contributed by atoms with Crippen molar-refractivity contribution >= 4 is 39.5 Å². The Morgan fingerprint density at radius 2 is 1.79 bits per heavy atom. The second-order valence-corrected chi connectivity index (χ2v) is 9.98. The van der Waals surface area contributed by atoms with Crippen LogP contribution < -0.4 is 5.32 Å². The Hall–Kier alpha value is -4.57. The molecule has 1 atom stereocenters. The van der Waals surface area contributed by atoms with Gasteiger partial charge in [0.05, 0.1) is 21.9 Å². The molecular weight excluding hydrogens is 504 g/mol. The molecule has 2 aromatic heterocycles. The minimum absolute atomic E-state index is 0.339. The van der Waals surface area contributed by atoms with Crippen molar-refractivity contribution in [1.29, 1.82) is 0 Å². The van der Waals surface area contributed by atoms with Gasteiger partial charge in [0.15, 0.2) is 5.76 Å². The van der Waals surface area contributed by atoms with Crippen LogP contribution in [0.2, 0.25) is 0 Å². The molecule has 2 heterocycles. The third kappa shape index (κ3) is 4.18. The first kappa shape index (κ1) is 23.8. The molecule has 1 unspecified atom stereocenters. The summed E-state index contributed by atoms with van der Waals surface area (Å²) in [6.07, 6.45) is 1.66. The van der Waals surface area contributed by atoms with E-state index >= 15 is 0 Å². The highest BCUT2D eigenvalue weighted by molar-refractivity contribution is 7.13. The summed E-state index contributed by atoms with van der Waals surface area (Å²) in [5.41, 5.74) is 4.36.